The fraction of sp³-hybridized carbons (Fsp3) is 0.412. The number of hydrogen-bond acceptors (Lipinski definition) is 5. The van der Waals surface area contributed by atoms with Gasteiger partial charge in [-0.25, -0.2) is 9.18 Å². The molecule has 1 aromatic rings. The third kappa shape index (κ3) is 7.29. The summed E-state index contributed by atoms with van der Waals surface area (Å²) in [7, 11) is 0. The number of ether oxygens (including phenoxy) is 1. The van der Waals surface area contributed by atoms with Crippen LogP contribution in [0.15, 0.2) is 24.3 Å². The molecule has 2 atom stereocenters. The second-order valence-electron chi connectivity index (χ2n) is 5.50. The van der Waals surface area contributed by atoms with Crippen LogP contribution < -0.4 is 10.6 Å². The summed E-state index contributed by atoms with van der Waals surface area (Å²) in [5.74, 6) is -4.02. The summed E-state index contributed by atoms with van der Waals surface area (Å²) in [4.78, 5) is 46.5. The van der Waals surface area contributed by atoms with Crippen LogP contribution >= 0.6 is 0 Å². The fourth-order valence-electron chi connectivity index (χ4n) is 2.21. The minimum absolute atomic E-state index is 0.0467. The van der Waals surface area contributed by atoms with Crippen molar-refractivity contribution in [1.29, 1.82) is 0 Å². The summed E-state index contributed by atoms with van der Waals surface area (Å²) in [5.41, 5.74) is 0.441. The number of aliphatic carboxylic acids is 1. The number of carboxylic acid groups (broad SMARTS) is 1. The van der Waals surface area contributed by atoms with Gasteiger partial charge in [0.15, 0.2) is 0 Å². The first-order chi connectivity index (χ1) is 12.2. The maximum absolute atomic E-state index is 13.3. The average molecular weight is 368 g/mol. The van der Waals surface area contributed by atoms with E-state index in [0.29, 0.717) is 5.56 Å². The van der Waals surface area contributed by atoms with E-state index in [0.717, 1.165) is 0 Å². The minimum atomic E-state index is -1.51. The first-order valence-corrected chi connectivity index (χ1v) is 7.93. The molecule has 0 aromatic heterocycles. The zero-order valence-electron chi connectivity index (χ0n) is 14.5. The third-order valence-electron chi connectivity index (χ3n) is 3.31. The van der Waals surface area contributed by atoms with Gasteiger partial charge in [-0.1, -0.05) is 12.1 Å². The smallest absolute Gasteiger partial charge is 0.326 e. The van der Waals surface area contributed by atoms with Crippen molar-refractivity contribution in [3.8, 4) is 0 Å². The molecule has 0 saturated carbocycles. The van der Waals surface area contributed by atoms with Crippen LogP contribution in [0.3, 0.4) is 0 Å². The lowest BCUT2D eigenvalue weighted by atomic mass is 10.0. The lowest BCUT2D eigenvalue weighted by molar-refractivity contribution is -0.150. The number of hydrogen-bond donors (Lipinski definition) is 3. The summed E-state index contributed by atoms with van der Waals surface area (Å²) < 4.78 is 18.0. The average Bonchev–Trinajstić information content (AvgIpc) is 2.53. The molecule has 0 radical (unpaired) electrons. The van der Waals surface area contributed by atoms with Crippen LogP contribution in [0.4, 0.5) is 4.39 Å². The van der Waals surface area contributed by atoms with Gasteiger partial charge in [0.05, 0.1) is 13.0 Å². The summed E-state index contributed by atoms with van der Waals surface area (Å²) in [6.07, 6.45) is -0.601. The number of halogens is 1. The fourth-order valence-corrected chi connectivity index (χ4v) is 2.21. The Bertz CT molecular complexity index is 679. The summed E-state index contributed by atoms with van der Waals surface area (Å²) in [6, 6.07) is 2.82. The Balaban J connectivity index is 2.87. The standard InChI is InChI=1S/C17H21FN2O6/c1-3-26-15(22)9-14(17(24)25)20-16(23)13(19-10(2)21)8-11-5-4-6-12(18)7-11/h4-7,13-14H,3,8-9H2,1-2H3,(H,19,21)(H,20,23)(H,24,25)/t13-,14-/m1/s1. The summed E-state index contributed by atoms with van der Waals surface area (Å²) in [6.45, 7) is 2.84. The van der Waals surface area contributed by atoms with Crippen molar-refractivity contribution in [2.75, 3.05) is 6.61 Å². The number of carbonyl (C=O) groups is 4. The van der Waals surface area contributed by atoms with Crippen molar-refractivity contribution in [3.63, 3.8) is 0 Å². The molecule has 2 amide bonds. The molecule has 0 bridgehead atoms. The van der Waals surface area contributed by atoms with E-state index < -0.39 is 48.1 Å². The van der Waals surface area contributed by atoms with Gasteiger partial charge >= 0.3 is 11.9 Å². The number of nitrogens with one attached hydrogen (secondary N) is 2. The van der Waals surface area contributed by atoms with Crippen LogP contribution in [0.25, 0.3) is 0 Å². The third-order valence-corrected chi connectivity index (χ3v) is 3.31. The first-order valence-electron chi connectivity index (χ1n) is 7.93. The van der Waals surface area contributed by atoms with Gasteiger partial charge in [0.1, 0.15) is 17.9 Å². The Morgan fingerprint density at radius 3 is 2.42 bits per heavy atom. The monoisotopic (exact) mass is 368 g/mol. The molecule has 0 aliphatic heterocycles. The Morgan fingerprint density at radius 2 is 1.88 bits per heavy atom. The molecule has 1 rings (SSSR count). The Kier molecular flexibility index (Phi) is 8.20. The van der Waals surface area contributed by atoms with Gasteiger partial charge < -0.3 is 20.5 Å². The molecular formula is C17H21FN2O6. The molecule has 0 heterocycles. The Labute approximate surface area is 149 Å². The highest BCUT2D eigenvalue weighted by molar-refractivity contribution is 5.91. The molecule has 0 aliphatic carbocycles. The van der Waals surface area contributed by atoms with Gasteiger partial charge in [0.25, 0.3) is 0 Å². The van der Waals surface area contributed by atoms with E-state index in [-0.39, 0.29) is 13.0 Å². The molecule has 142 valence electrons. The van der Waals surface area contributed by atoms with Crippen molar-refractivity contribution in [1.82, 2.24) is 10.6 Å². The van der Waals surface area contributed by atoms with Crippen molar-refractivity contribution in [2.24, 2.45) is 0 Å². The van der Waals surface area contributed by atoms with E-state index in [4.69, 9.17) is 5.11 Å². The van der Waals surface area contributed by atoms with E-state index in [1.807, 2.05) is 0 Å². The van der Waals surface area contributed by atoms with Crippen molar-refractivity contribution in [3.05, 3.63) is 35.6 Å². The summed E-state index contributed by atoms with van der Waals surface area (Å²) >= 11 is 0. The lowest BCUT2D eigenvalue weighted by Gasteiger charge is -2.21. The number of amides is 2. The molecule has 0 unspecified atom stereocenters. The maximum Gasteiger partial charge on any atom is 0.326 e. The van der Waals surface area contributed by atoms with Gasteiger partial charge in [-0.05, 0) is 24.6 Å². The van der Waals surface area contributed by atoms with Gasteiger partial charge in [0.2, 0.25) is 11.8 Å². The minimum Gasteiger partial charge on any atom is -0.480 e. The summed E-state index contributed by atoms with van der Waals surface area (Å²) in [5, 5.41) is 13.8. The van der Waals surface area contributed by atoms with Crippen LogP contribution in [0, 0.1) is 5.82 Å². The zero-order chi connectivity index (χ0) is 19.7. The Hall–Kier alpha value is -2.97. The van der Waals surface area contributed by atoms with E-state index in [9.17, 15) is 23.6 Å². The molecule has 26 heavy (non-hydrogen) atoms. The molecule has 3 N–H and O–H groups in total. The predicted octanol–water partition coefficient (Wildman–Crippen LogP) is 0.395. The number of rotatable bonds is 9. The largest absolute Gasteiger partial charge is 0.480 e. The van der Waals surface area contributed by atoms with Crippen LogP contribution in [0.1, 0.15) is 25.8 Å². The van der Waals surface area contributed by atoms with Crippen LogP contribution in [-0.2, 0) is 30.3 Å². The first kappa shape index (κ1) is 21.1. The second kappa shape index (κ2) is 10.1. The van der Waals surface area contributed by atoms with Gasteiger partial charge in [0, 0.05) is 13.3 Å². The zero-order valence-corrected chi connectivity index (χ0v) is 14.5. The van der Waals surface area contributed by atoms with Gasteiger partial charge in [-0.15, -0.1) is 0 Å². The molecular weight excluding hydrogens is 347 g/mol. The maximum atomic E-state index is 13.3. The molecule has 0 spiro atoms. The van der Waals surface area contributed by atoms with E-state index in [1.165, 1.54) is 25.1 Å². The highest BCUT2D eigenvalue weighted by Gasteiger charge is 2.28. The highest BCUT2D eigenvalue weighted by Crippen LogP contribution is 2.08. The highest BCUT2D eigenvalue weighted by atomic mass is 19.1. The van der Waals surface area contributed by atoms with E-state index >= 15 is 0 Å². The number of benzene rings is 1. The van der Waals surface area contributed by atoms with E-state index in [1.54, 1.807) is 13.0 Å². The van der Waals surface area contributed by atoms with Crippen LogP contribution in [0.2, 0.25) is 0 Å². The van der Waals surface area contributed by atoms with Gasteiger partial charge in [-0.2, -0.15) is 0 Å². The lowest BCUT2D eigenvalue weighted by Crippen LogP contribution is -2.52. The predicted molar refractivity (Wildman–Crippen MR) is 88.5 cm³/mol. The topological polar surface area (TPSA) is 122 Å². The normalized spacial score (nSPS) is 12.6. The Morgan fingerprint density at radius 1 is 1.19 bits per heavy atom. The number of carboxylic acids is 1. The van der Waals surface area contributed by atoms with Gasteiger partial charge in [-0.3, -0.25) is 14.4 Å². The van der Waals surface area contributed by atoms with Crippen molar-refractivity contribution in [2.45, 2.75) is 38.8 Å². The second-order valence-corrected chi connectivity index (χ2v) is 5.50. The molecule has 9 heteroatoms. The molecule has 0 saturated heterocycles. The molecule has 0 fully saturated rings. The molecule has 8 nitrogen and oxygen atoms in total. The van der Waals surface area contributed by atoms with Crippen LogP contribution in [-0.4, -0.2) is 47.6 Å². The van der Waals surface area contributed by atoms with Crippen molar-refractivity contribution < 1.29 is 33.4 Å². The quantitative estimate of drug-likeness (QED) is 0.542. The van der Waals surface area contributed by atoms with Crippen LogP contribution in [0.5, 0.6) is 0 Å². The van der Waals surface area contributed by atoms with E-state index in [2.05, 4.69) is 15.4 Å². The number of esters is 1. The van der Waals surface area contributed by atoms with Crippen molar-refractivity contribution >= 4 is 23.8 Å². The SMILES string of the molecule is CCOC(=O)C[C@@H](NC(=O)[C@@H](Cc1cccc(F)c1)NC(C)=O)C(=O)O. The molecule has 1 aromatic carbocycles. The number of carbonyl (C=O) groups excluding carboxylic acids is 3. The molecule has 0 aliphatic rings.